The molecule has 0 saturated carbocycles. The largest absolute Gasteiger partial charge is 0.316 e. The van der Waals surface area contributed by atoms with E-state index in [4.69, 9.17) is 0 Å². The molecule has 18 heavy (non-hydrogen) atoms. The third-order valence-corrected chi connectivity index (χ3v) is 4.02. The van der Waals surface area contributed by atoms with Crippen molar-refractivity contribution in [2.45, 2.75) is 38.6 Å². The minimum atomic E-state index is 0.266. The van der Waals surface area contributed by atoms with Crippen molar-refractivity contribution in [1.82, 2.24) is 15.1 Å². The molecule has 2 rings (SSSR count). The van der Waals surface area contributed by atoms with Crippen LogP contribution in [0.1, 0.15) is 32.6 Å². The van der Waals surface area contributed by atoms with Crippen LogP contribution in [0, 0.1) is 0 Å². The summed E-state index contributed by atoms with van der Waals surface area (Å²) in [7, 11) is 2.00. The second-order valence-electron chi connectivity index (χ2n) is 5.24. The van der Waals surface area contributed by atoms with Crippen molar-refractivity contribution in [2.24, 2.45) is 0 Å². The van der Waals surface area contributed by atoms with Gasteiger partial charge in [-0.2, -0.15) is 0 Å². The summed E-state index contributed by atoms with van der Waals surface area (Å²) in [5, 5.41) is 3.29. The number of nitrogens with zero attached hydrogens (tertiary/aromatic N) is 2. The smallest absolute Gasteiger partial charge is 0.240 e. The van der Waals surface area contributed by atoms with E-state index in [1.165, 1.54) is 12.1 Å². The molecular weight excluding hydrogens is 226 g/mol. The number of likely N-dealkylation sites (tertiary alicyclic amines) is 1. The summed E-state index contributed by atoms with van der Waals surface area (Å²) < 4.78 is 0. The van der Waals surface area contributed by atoms with Gasteiger partial charge < -0.3 is 10.2 Å². The molecular formula is C14H25N3O. The zero-order valence-electron chi connectivity index (χ0n) is 11.6. The van der Waals surface area contributed by atoms with Gasteiger partial charge in [-0.3, -0.25) is 9.69 Å². The SMILES string of the molecule is CCN(C(=O)CN1CCC(NC)C1)C1=CCCC1. The van der Waals surface area contributed by atoms with Crippen LogP contribution in [-0.2, 0) is 4.79 Å². The van der Waals surface area contributed by atoms with Crippen LogP contribution < -0.4 is 5.32 Å². The average Bonchev–Trinajstić information content (AvgIpc) is 3.01. The predicted molar refractivity (Wildman–Crippen MR) is 73.2 cm³/mol. The van der Waals surface area contributed by atoms with Crippen molar-refractivity contribution >= 4 is 5.91 Å². The number of hydrogen-bond donors (Lipinski definition) is 1. The Morgan fingerprint density at radius 2 is 2.44 bits per heavy atom. The summed E-state index contributed by atoms with van der Waals surface area (Å²) in [6.07, 6.45) is 6.77. The van der Waals surface area contributed by atoms with Gasteiger partial charge in [-0.25, -0.2) is 0 Å². The first-order chi connectivity index (χ1) is 8.74. The summed E-state index contributed by atoms with van der Waals surface area (Å²) in [6, 6.07) is 0.554. The van der Waals surface area contributed by atoms with Gasteiger partial charge in [-0.15, -0.1) is 0 Å². The van der Waals surface area contributed by atoms with E-state index in [2.05, 4.69) is 23.2 Å². The molecule has 0 aromatic carbocycles. The molecule has 4 nitrogen and oxygen atoms in total. The molecule has 1 fully saturated rings. The Bertz CT molecular complexity index is 327. The average molecular weight is 251 g/mol. The second-order valence-corrected chi connectivity index (χ2v) is 5.24. The van der Waals surface area contributed by atoms with E-state index in [1.54, 1.807) is 0 Å². The van der Waals surface area contributed by atoms with Gasteiger partial charge in [0, 0.05) is 31.4 Å². The Morgan fingerprint density at radius 3 is 3.00 bits per heavy atom. The van der Waals surface area contributed by atoms with E-state index in [1.807, 2.05) is 11.9 Å². The fourth-order valence-corrected chi connectivity index (χ4v) is 2.93. The quantitative estimate of drug-likeness (QED) is 0.797. The van der Waals surface area contributed by atoms with Gasteiger partial charge in [-0.05, 0) is 39.7 Å². The molecule has 0 aromatic heterocycles. The van der Waals surface area contributed by atoms with E-state index in [-0.39, 0.29) is 5.91 Å². The number of rotatable bonds is 5. The summed E-state index contributed by atoms with van der Waals surface area (Å²) in [4.78, 5) is 16.6. The Balaban J connectivity index is 1.86. The van der Waals surface area contributed by atoms with Crippen LogP contribution in [0.2, 0.25) is 0 Å². The first kappa shape index (κ1) is 13.6. The Hall–Kier alpha value is -0.870. The maximum absolute atomic E-state index is 12.3. The molecule has 0 aromatic rings. The standard InChI is InChI=1S/C14H25N3O/c1-3-17(13-6-4-5-7-13)14(18)11-16-9-8-12(10-16)15-2/h6,12,15H,3-5,7-11H2,1-2H3. The zero-order valence-corrected chi connectivity index (χ0v) is 11.6. The maximum Gasteiger partial charge on any atom is 0.240 e. The summed E-state index contributed by atoms with van der Waals surface area (Å²) in [5.74, 6) is 0.266. The van der Waals surface area contributed by atoms with Crippen LogP contribution >= 0.6 is 0 Å². The highest BCUT2D eigenvalue weighted by Crippen LogP contribution is 2.21. The summed E-state index contributed by atoms with van der Waals surface area (Å²) in [6.45, 7) is 5.47. The molecule has 4 heteroatoms. The fourth-order valence-electron chi connectivity index (χ4n) is 2.93. The highest BCUT2D eigenvalue weighted by atomic mass is 16.2. The van der Waals surface area contributed by atoms with Crippen LogP contribution in [0.15, 0.2) is 11.8 Å². The fraction of sp³-hybridized carbons (Fsp3) is 0.786. The molecule has 1 aliphatic carbocycles. The third-order valence-electron chi connectivity index (χ3n) is 4.02. The van der Waals surface area contributed by atoms with Crippen molar-refractivity contribution < 1.29 is 4.79 Å². The van der Waals surface area contributed by atoms with E-state index >= 15 is 0 Å². The van der Waals surface area contributed by atoms with E-state index in [9.17, 15) is 4.79 Å². The van der Waals surface area contributed by atoms with Gasteiger partial charge in [0.1, 0.15) is 0 Å². The molecule has 1 heterocycles. The zero-order chi connectivity index (χ0) is 13.0. The van der Waals surface area contributed by atoms with Crippen molar-refractivity contribution in [3.8, 4) is 0 Å². The lowest BCUT2D eigenvalue weighted by atomic mass is 10.3. The topological polar surface area (TPSA) is 35.6 Å². The van der Waals surface area contributed by atoms with Crippen LogP contribution in [0.3, 0.4) is 0 Å². The van der Waals surface area contributed by atoms with Crippen LogP contribution in [0.5, 0.6) is 0 Å². The lowest BCUT2D eigenvalue weighted by molar-refractivity contribution is -0.130. The summed E-state index contributed by atoms with van der Waals surface area (Å²) in [5.41, 5.74) is 1.24. The van der Waals surface area contributed by atoms with Crippen molar-refractivity contribution in [3.05, 3.63) is 11.8 Å². The first-order valence-corrected chi connectivity index (χ1v) is 7.13. The molecule has 1 aliphatic heterocycles. The van der Waals surface area contributed by atoms with Gasteiger partial charge in [0.25, 0.3) is 0 Å². The molecule has 102 valence electrons. The Kier molecular flexibility index (Phi) is 4.78. The summed E-state index contributed by atoms with van der Waals surface area (Å²) >= 11 is 0. The molecule has 1 saturated heterocycles. The molecule has 0 radical (unpaired) electrons. The monoisotopic (exact) mass is 251 g/mol. The number of allylic oxidation sites excluding steroid dienone is 2. The molecule has 1 N–H and O–H groups in total. The van der Waals surface area contributed by atoms with Gasteiger partial charge in [-0.1, -0.05) is 6.08 Å². The molecule has 2 aliphatic rings. The molecule has 1 atom stereocenters. The van der Waals surface area contributed by atoms with E-state index in [0.29, 0.717) is 12.6 Å². The number of carbonyl (C=O) groups is 1. The number of likely N-dealkylation sites (N-methyl/N-ethyl adjacent to an activating group) is 2. The molecule has 0 spiro atoms. The molecule has 1 unspecified atom stereocenters. The first-order valence-electron chi connectivity index (χ1n) is 7.13. The maximum atomic E-state index is 12.3. The van der Waals surface area contributed by atoms with Gasteiger partial charge >= 0.3 is 0 Å². The van der Waals surface area contributed by atoms with Gasteiger partial charge in [0.15, 0.2) is 0 Å². The third kappa shape index (κ3) is 3.12. The van der Waals surface area contributed by atoms with Crippen LogP contribution in [0.25, 0.3) is 0 Å². The lowest BCUT2D eigenvalue weighted by Gasteiger charge is -2.25. The highest BCUT2D eigenvalue weighted by Gasteiger charge is 2.25. The van der Waals surface area contributed by atoms with Crippen LogP contribution in [0.4, 0.5) is 0 Å². The van der Waals surface area contributed by atoms with Gasteiger partial charge in [0.05, 0.1) is 6.54 Å². The van der Waals surface area contributed by atoms with Crippen molar-refractivity contribution in [1.29, 1.82) is 0 Å². The number of hydrogen-bond acceptors (Lipinski definition) is 3. The van der Waals surface area contributed by atoms with Crippen molar-refractivity contribution in [3.63, 3.8) is 0 Å². The number of carbonyl (C=O) groups excluding carboxylic acids is 1. The number of nitrogens with one attached hydrogen (secondary N) is 1. The van der Waals surface area contributed by atoms with Gasteiger partial charge in [0.2, 0.25) is 5.91 Å². The normalized spacial score (nSPS) is 24.3. The van der Waals surface area contributed by atoms with E-state index in [0.717, 1.165) is 38.9 Å². The minimum Gasteiger partial charge on any atom is -0.316 e. The predicted octanol–water partition coefficient (Wildman–Crippen LogP) is 1.20. The second kappa shape index (κ2) is 6.34. The number of amides is 1. The minimum absolute atomic E-state index is 0.266. The Morgan fingerprint density at radius 1 is 1.61 bits per heavy atom. The van der Waals surface area contributed by atoms with Crippen LogP contribution in [-0.4, -0.2) is 55.0 Å². The van der Waals surface area contributed by atoms with Crippen molar-refractivity contribution in [2.75, 3.05) is 33.2 Å². The Labute approximate surface area is 110 Å². The highest BCUT2D eigenvalue weighted by molar-refractivity contribution is 5.80. The molecule has 1 amide bonds. The lowest BCUT2D eigenvalue weighted by Crippen LogP contribution is -2.40. The van der Waals surface area contributed by atoms with E-state index < -0.39 is 0 Å². The molecule has 0 bridgehead atoms.